The van der Waals surface area contributed by atoms with Crippen molar-refractivity contribution in [3.8, 4) is 5.75 Å². The molecule has 1 aromatic heterocycles. The van der Waals surface area contributed by atoms with Gasteiger partial charge in [0.05, 0.1) is 5.56 Å². The van der Waals surface area contributed by atoms with Gasteiger partial charge < -0.3 is 10.8 Å². The summed E-state index contributed by atoms with van der Waals surface area (Å²) < 4.78 is 0. The number of aromatic hydroxyl groups is 1. The first-order valence-corrected chi connectivity index (χ1v) is 7.68. The topological polar surface area (TPSA) is 76.2 Å². The lowest BCUT2D eigenvalue weighted by Crippen LogP contribution is -2.11. The highest BCUT2D eigenvalue weighted by molar-refractivity contribution is 6.01. The van der Waals surface area contributed by atoms with Crippen molar-refractivity contribution in [3.05, 3.63) is 47.7 Å². The summed E-state index contributed by atoms with van der Waals surface area (Å²) >= 11 is 0. The van der Waals surface area contributed by atoms with E-state index in [0.29, 0.717) is 5.52 Å². The molecule has 1 aliphatic rings. The van der Waals surface area contributed by atoms with Crippen molar-refractivity contribution in [1.29, 1.82) is 0 Å². The van der Waals surface area contributed by atoms with Gasteiger partial charge in [-0.3, -0.25) is 9.78 Å². The number of nitrogens with zero attached hydrogens (tertiary/aromatic N) is 1. The molecule has 4 nitrogen and oxygen atoms in total. The highest BCUT2D eigenvalue weighted by atomic mass is 16.3. The molecule has 0 spiro atoms. The molecule has 2 aromatic rings. The smallest absolute Gasteiger partial charge is 0.252 e. The predicted molar refractivity (Wildman–Crippen MR) is 88.8 cm³/mol. The lowest BCUT2D eigenvalue weighted by Gasteiger charge is -2.08. The SMILES string of the molecule is CCC1=CCCCC1.NC(=O)c1ccc2cccnc2c1O. The van der Waals surface area contributed by atoms with Crippen LogP contribution in [0.3, 0.4) is 0 Å². The summed E-state index contributed by atoms with van der Waals surface area (Å²) in [6.07, 6.45) is 10.8. The number of carbonyl (C=O) groups is 1. The molecule has 0 bridgehead atoms. The molecule has 0 atom stereocenters. The van der Waals surface area contributed by atoms with Gasteiger partial charge in [0.2, 0.25) is 0 Å². The average Bonchev–Trinajstić information content (AvgIpc) is 2.56. The maximum absolute atomic E-state index is 10.9. The van der Waals surface area contributed by atoms with Crippen molar-refractivity contribution in [1.82, 2.24) is 4.98 Å². The van der Waals surface area contributed by atoms with Crippen LogP contribution in [0.4, 0.5) is 0 Å². The largest absolute Gasteiger partial charge is 0.505 e. The van der Waals surface area contributed by atoms with Crippen LogP contribution in [0.1, 0.15) is 49.4 Å². The summed E-state index contributed by atoms with van der Waals surface area (Å²) in [7, 11) is 0. The van der Waals surface area contributed by atoms with Gasteiger partial charge in [-0.05, 0) is 44.2 Å². The Balaban J connectivity index is 0.000000188. The Labute approximate surface area is 130 Å². The van der Waals surface area contributed by atoms with Crippen LogP contribution in [0.2, 0.25) is 0 Å². The van der Waals surface area contributed by atoms with Crippen LogP contribution < -0.4 is 5.73 Å². The summed E-state index contributed by atoms with van der Waals surface area (Å²) in [6, 6.07) is 6.74. The first kappa shape index (κ1) is 16.0. The Kier molecular flexibility index (Phi) is 5.53. The molecule has 116 valence electrons. The number of pyridine rings is 1. The van der Waals surface area contributed by atoms with Gasteiger partial charge in [0.15, 0.2) is 5.75 Å². The minimum absolute atomic E-state index is 0.0937. The summed E-state index contributed by atoms with van der Waals surface area (Å²) in [6.45, 7) is 2.25. The van der Waals surface area contributed by atoms with E-state index in [1.54, 1.807) is 30.0 Å². The second-order valence-electron chi connectivity index (χ2n) is 5.36. The molecule has 0 saturated heterocycles. The number of nitrogens with two attached hydrogens (primary N) is 1. The summed E-state index contributed by atoms with van der Waals surface area (Å²) in [5.74, 6) is -0.814. The molecule has 3 rings (SSSR count). The van der Waals surface area contributed by atoms with Crippen molar-refractivity contribution in [2.45, 2.75) is 39.0 Å². The number of fused-ring (bicyclic) bond motifs is 1. The number of allylic oxidation sites excluding steroid dienone is 2. The molecule has 4 heteroatoms. The number of hydrogen-bond acceptors (Lipinski definition) is 3. The second kappa shape index (κ2) is 7.59. The first-order valence-electron chi connectivity index (χ1n) is 7.68. The number of benzene rings is 1. The number of hydrogen-bond donors (Lipinski definition) is 2. The fraction of sp³-hybridized carbons (Fsp3) is 0.333. The zero-order valence-electron chi connectivity index (χ0n) is 12.9. The van der Waals surface area contributed by atoms with Crippen LogP contribution in [0.15, 0.2) is 42.1 Å². The fourth-order valence-electron chi connectivity index (χ4n) is 2.55. The number of phenols is 1. The maximum Gasteiger partial charge on any atom is 0.252 e. The standard InChI is InChI=1S/C10H8N2O2.C8H14/c11-10(14)7-4-3-6-2-1-5-12-8(6)9(7)13;1-2-8-6-4-3-5-7-8/h1-5,13H,(H2,11,14);6H,2-5,7H2,1H3. The van der Waals surface area contributed by atoms with E-state index in [1.807, 2.05) is 0 Å². The van der Waals surface area contributed by atoms with Crippen molar-refractivity contribution in [2.75, 3.05) is 0 Å². The summed E-state index contributed by atoms with van der Waals surface area (Å²) in [4.78, 5) is 14.9. The number of amides is 1. The third kappa shape index (κ3) is 3.85. The highest BCUT2D eigenvalue weighted by Crippen LogP contribution is 2.26. The number of rotatable bonds is 2. The molecule has 1 heterocycles. The Morgan fingerprint density at radius 1 is 1.32 bits per heavy atom. The van der Waals surface area contributed by atoms with Crippen LogP contribution >= 0.6 is 0 Å². The molecule has 22 heavy (non-hydrogen) atoms. The van der Waals surface area contributed by atoms with Crippen molar-refractivity contribution in [2.24, 2.45) is 5.73 Å². The molecular formula is C18H22N2O2. The zero-order valence-corrected chi connectivity index (χ0v) is 12.9. The quantitative estimate of drug-likeness (QED) is 0.825. The van der Waals surface area contributed by atoms with Crippen molar-refractivity contribution < 1.29 is 9.90 Å². The van der Waals surface area contributed by atoms with E-state index in [9.17, 15) is 9.90 Å². The van der Waals surface area contributed by atoms with E-state index in [2.05, 4.69) is 18.0 Å². The van der Waals surface area contributed by atoms with Gasteiger partial charge in [0, 0.05) is 11.6 Å². The minimum Gasteiger partial charge on any atom is -0.505 e. The Bertz CT molecular complexity index is 693. The van der Waals surface area contributed by atoms with E-state index in [1.165, 1.54) is 38.2 Å². The molecule has 0 fully saturated rings. The lowest BCUT2D eigenvalue weighted by atomic mass is 9.98. The van der Waals surface area contributed by atoms with Crippen LogP contribution in [0.25, 0.3) is 10.9 Å². The third-order valence-electron chi connectivity index (χ3n) is 3.85. The van der Waals surface area contributed by atoms with Crippen LogP contribution in [0, 0.1) is 0 Å². The van der Waals surface area contributed by atoms with E-state index < -0.39 is 5.91 Å². The van der Waals surface area contributed by atoms with E-state index in [4.69, 9.17) is 5.73 Å². The number of carbonyl (C=O) groups excluding carboxylic acids is 1. The van der Waals surface area contributed by atoms with Crippen molar-refractivity contribution in [3.63, 3.8) is 0 Å². The van der Waals surface area contributed by atoms with Crippen LogP contribution in [-0.2, 0) is 0 Å². The van der Waals surface area contributed by atoms with Crippen LogP contribution in [-0.4, -0.2) is 16.0 Å². The maximum atomic E-state index is 10.9. The Morgan fingerprint density at radius 2 is 2.14 bits per heavy atom. The molecule has 1 aliphatic carbocycles. The average molecular weight is 298 g/mol. The fourth-order valence-corrected chi connectivity index (χ4v) is 2.55. The monoisotopic (exact) mass is 298 g/mol. The van der Waals surface area contributed by atoms with Gasteiger partial charge in [-0.2, -0.15) is 0 Å². The molecule has 1 aromatic carbocycles. The molecule has 3 N–H and O–H groups in total. The molecule has 0 unspecified atom stereocenters. The summed E-state index contributed by atoms with van der Waals surface area (Å²) in [5, 5.41) is 10.4. The molecule has 0 saturated carbocycles. The van der Waals surface area contributed by atoms with Crippen LogP contribution in [0.5, 0.6) is 5.75 Å². The van der Waals surface area contributed by atoms with E-state index >= 15 is 0 Å². The lowest BCUT2D eigenvalue weighted by molar-refractivity contribution is 0.0998. The number of aromatic nitrogens is 1. The minimum atomic E-state index is -0.657. The number of primary amides is 1. The van der Waals surface area contributed by atoms with Gasteiger partial charge in [-0.1, -0.05) is 30.7 Å². The van der Waals surface area contributed by atoms with E-state index in [0.717, 1.165) is 5.39 Å². The molecule has 1 amide bonds. The Hall–Kier alpha value is -2.36. The van der Waals surface area contributed by atoms with Crippen molar-refractivity contribution >= 4 is 16.8 Å². The normalized spacial score (nSPS) is 14.0. The molecule has 0 aliphatic heterocycles. The van der Waals surface area contributed by atoms with Gasteiger partial charge >= 0.3 is 0 Å². The predicted octanol–water partition coefficient (Wildman–Crippen LogP) is 3.94. The summed E-state index contributed by atoms with van der Waals surface area (Å²) in [5.41, 5.74) is 7.24. The molecular weight excluding hydrogens is 276 g/mol. The van der Waals surface area contributed by atoms with Gasteiger partial charge in [0.1, 0.15) is 5.52 Å². The van der Waals surface area contributed by atoms with Gasteiger partial charge in [-0.15, -0.1) is 0 Å². The first-order chi connectivity index (χ1) is 10.6. The zero-order chi connectivity index (χ0) is 15.9. The Morgan fingerprint density at radius 3 is 2.73 bits per heavy atom. The molecule has 0 radical (unpaired) electrons. The van der Waals surface area contributed by atoms with Gasteiger partial charge in [0.25, 0.3) is 5.91 Å². The van der Waals surface area contributed by atoms with E-state index in [-0.39, 0.29) is 11.3 Å². The van der Waals surface area contributed by atoms with Gasteiger partial charge in [-0.25, -0.2) is 0 Å². The third-order valence-corrected chi connectivity index (χ3v) is 3.85. The second-order valence-corrected chi connectivity index (χ2v) is 5.36. The highest BCUT2D eigenvalue weighted by Gasteiger charge is 2.10.